The van der Waals surface area contributed by atoms with Crippen LogP contribution in [0.2, 0.25) is 0 Å². The Hall–Kier alpha value is -1.06. The van der Waals surface area contributed by atoms with Crippen LogP contribution in [0.15, 0.2) is 0 Å². The van der Waals surface area contributed by atoms with Crippen LogP contribution < -0.4 is 4.72 Å². The van der Waals surface area contributed by atoms with Crippen LogP contribution in [-0.4, -0.2) is 40.5 Å². The Morgan fingerprint density at radius 1 is 1.38 bits per heavy atom. The first kappa shape index (κ1) is 14.9. The average Bonchev–Trinajstić information content (AvgIpc) is 3.08. The fourth-order valence-electron chi connectivity index (χ4n) is 2.09. The second kappa shape index (κ2) is 5.98. The van der Waals surface area contributed by atoms with Gasteiger partial charge in [-0.15, -0.1) is 10.2 Å². The first-order valence-corrected chi connectivity index (χ1v) is 9.74. The van der Waals surface area contributed by atoms with Gasteiger partial charge in [-0.05, 0) is 19.3 Å². The van der Waals surface area contributed by atoms with Crippen molar-refractivity contribution in [3.63, 3.8) is 0 Å². The topological polar surface area (TPSA) is 89.2 Å². The summed E-state index contributed by atoms with van der Waals surface area (Å²) in [7, 11) is -3.15. The highest BCUT2D eigenvalue weighted by atomic mass is 32.2. The normalized spacial score (nSPS) is 15.9. The zero-order valence-corrected chi connectivity index (χ0v) is 13.6. The van der Waals surface area contributed by atoms with Crippen molar-refractivity contribution in [1.29, 1.82) is 0 Å². The monoisotopic (exact) mass is 329 g/mol. The van der Waals surface area contributed by atoms with Gasteiger partial charge >= 0.3 is 0 Å². The molecule has 1 N–H and O–H groups in total. The standard InChI is InChI=1S/C12H19N5O2S2/c1-2-3-8-21(18,19)13-7-6-10-16-17-11(9-4-5-9)14-15-12(17)20-10/h9,13H,2-8H2,1H3. The summed E-state index contributed by atoms with van der Waals surface area (Å²) in [6, 6.07) is 0. The number of fused-ring (bicyclic) bond motifs is 1. The third-order valence-electron chi connectivity index (χ3n) is 3.43. The highest BCUT2D eigenvalue weighted by Crippen LogP contribution is 2.39. The van der Waals surface area contributed by atoms with Crippen molar-refractivity contribution >= 4 is 26.3 Å². The molecule has 1 fully saturated rings. The van der Waals surface area contributed by atoms with Gasteiger partial charge in [0.05, 0.1) is 5.75 Å². The number of sulfonamides is 1. The minimum absolute atomic E-state index is 0.195. The van der Waals surface area contributed by atoms with E-state index in [-0.39, 0.29) is 5.75 Å². The molecule has 2 heterocycles. The van der Waals surface area contributed by atoms with Gasteiger partial charge in [-0.2, -0.15) is 9.61 Å². The van der Waals surface area contributed by atoms with E-state index in [9.17, 15) is 8.42 Å². The van der Waals surface area contributed by atoms with Gasteiger partial charge < -0.3 is 0 Å². The Morgan fingerprint density at radius 2 is 2.19 bits per heavy atom. The number of hydrogen-bond donors (Lipinski definition) is 1. The van der Waals surface area contributed by atoms with Gasteiger partial charge in [0.25, 0.3) is 0 Å². The van der Waals surface area contributed by atoms with Gasteiger partial charge in [0.1, 0.15) is 5.01 Å². The number of hydrogen-bond acceptors (Lipinski definition) is 6. The molecule has 1 saturated carbocycles. The Labute approximate surface area is 127 Å². The zero-order chi connectivity index (χ0) is 14.9. The molecule has 0 bridgehead atoms. The number of nitrogens with one attached hydrogen (secondary N) is 1. The Kier molecular flexibility index (Phi) is 4.23. The van der Waals surface area contributed by atoms with E-state index in [2.05, 4.69) is 20.0 Å². The van der Waals surface area contributed by atoms with E-state index in [1.165, 1.54) is 11.3 Å². The summed E-state index contributed by atoms with van der Waals surface area (Å²) in [6.07, 6.45) is 4.47. The second-order valence-electron chi connectivity index (χ2n) is 5.34. The quantitative estimate of drug-likeness (QED) is 0.789. The summed E-state index contributed by atoms with van der Waals surface area (Å²) < 4.78 is 27.8. The Bertz CT molecular complexity index is 717. The third kappa shape index (κ3) is 3.58. The minimum atomic E-state index is -3.15. The molecule has 1 aliphatic carbocycles. The van der Waals surface area contributed by atoms with Gasteiger partial charge in [-0.1, -0.05) is 24.7 Å². The lowest BCUT2D eigenvalue weighted by Gasteiger charge is -2.04. The lowest BCUT2D eigenvalue weighted by Crippen LogP contribution is -2.28. The summed E-state index contributed by atoms with van der Waals surface area (Å²) in [5.41, 5.74) is 0. The molecule has 0 radical (unpaired) electrons. The molecule has 0 aliphatic heterocycles. The van der Waals surface area contributed by atoms with Crippen LogP contribution in [0.5, 0.6) is 0 Å². The van der Waals surface area contributed by atoms with E-state index in [1.54, 1.807) is 0 Å². The molecule has 116 valence electrons. The fourth-order valence-corrected chi connectivity index (χ4v) is 4.15. The van der Waals surface area contributed by atoms with E-state index >= 15 is 0 Å². The molecule has 2 aromatic heterocycles. The second-order valence-corrected chi connectivity index (χ2v) is 8.31. The maximum atomic E-state index is 11.7. The first-order valence-electron chi connectivity index (χ1n) is 7.27. The van der Waals surface area contributed by atoms with E-state index in [4.69, 9.17) is 0 Å². The molecule has 7 nitrogen and oxygen atoms in total. The van der Waals surface area contributed by atoms with Gasteiger partial charge in [0, 0.05) is 18.9 Å². The molecule has 0 saturated heterocycles. The van der Waals surface area contributed by atoms with Crippen molar-refractivity contribution < 1.29 is 8.42 Å². The van der Waals surface area contributed by atoms with Gasteiger partial charge in [0.2, 0.25) is 15.0 Å². The third-order valence-corrected chi connectivity index (χ3v) is 5.86. The van der Waals surface area contributed by atoms with Crippen molar-refractivity contribution in [1.82, 2.24) is 24.5 Å². The van der Waals surface area contributed by atoms with Crippen LogP contribution in [0.1, 0.15) is 49.4 Å². The molecular formula is C12H19N5O2S2. The summed E-state index contributed by atoms with van der Waals surface area (Å²) in [4.78, 5) is 0.792. The van der Waals surface area contributed by atoms with Crippen LogP contribution >= 0.6 is 11.3 Å². The zero-order valence-electron chi connectivity index (χ0n) is 11.9. The molecular weight excluding hydrogens is 310 g/mol. The van der Waals surface area contributed by atoms with E-state index in [0.29, 0.717) is 25.3 Å². The van der Waals surface area contributed by atoms with Gasteiger partial charge in [-0.25, -0.2) is 13.1 Å². The number of nitrogens with zero attached hydrogens (tertiary/aromatic N) is 4. The molecule has 0 unspecified atom stereocenters. The first-order chi connectivity index (χ1) is 10.1. The molecule has 3 rings (SSSR count). The molecule has 21 heavy (non-hydrogen) atoms. The number of rotatable bonds is 8. The van der Waals surface area contributed by atoms with Crippen LogP contribution in [0, 0.1) is 0 Å². The largest absolute Gasteiger partial charge is 0.234 e. The Balaban J connectivity index is 1.58. The minimum Gasteiger partial charge on any atom is -0.215 e. The summed E-state index contributed by atoms with van der Waals surface area (Å²) in [6.45, 7) is 2.36. The van der Waals surface area contributed by atoms with Gasteiger partial charge in [-0.3, -0.25) is 0 Å². The van der Waals surface area contributed by atoms with E-state index < -0.39 is 10.0 Å². The SMILES string of the molecule is CCCCS(=O)(=O)NCCc1nn2c(C3CC3)nnc2s1. The molecule has 1 aliphatic rings. The molecule has 0 spiro atoms. The molecule has 0 amide bonds. The average molecular weight is 329 g/mol. The van der Waals surface area contributed by atoms with Crippen LogP contribution in [0.3, 0.4) is 0 Å². The predicted octanol–water partition coefficient (Wildman–Crippen LogP) is 1.33. The lowest BCUT2D eigenvalue weighted by molar-refractivity contribution is 0.578. The summed E-state index contributed by atoms with van der Waals surface area (Å²) in [5, 5.41) is 13.7. The number of unbranched alkanes of at least 4 members (excludes halogenated alkanes) is 1. The van der Waals surface area contributed by atoms with Crippen molar-refractivity contribution in [2.75, 3.05) is 12.3 Å². The molecule has 9 heteroatoms. The maximum Gasteiger partial charge on any atom is 0.234 e. The van der Waals surface area contributed by atoms with Crippen molar-refractivity contribution in [2.45, 2.75) is 44.9 Å². The molecule has 0 atom stereocenters. The lowest BCUT2D eigenvalue weighted by atomic mass is 10.4. The van der Waals surface area contributed by atoms with E-state index in [0.717, 1.165) is 35.1 Å². The molecule has 2 aromatic rings. The predicted molar refractivity (Wildman–Crippen MR) is 81.0 cm³/mol. The van der Waals surface area contributed by atoms with Crippen molar-refractivity contribution in [2.24, 2.45) is 0 Å². The summed E-state index contributed by atoms with van der Waals surface area (Å²) in [5.74, 6) is 1.64. The van der Waals surface area contributed by atoms with Gasteiger partial charge in [0.15, 0.2) is 5.82 Å². The van der Waals surface area contributed by atoms with Crippen molar-refractivity contribution in [3.05, 3.63) is 10.8 Å². The highest BCUT2D eigenvalue weighted by molar-refractivity contribution is 7.89. The maximum absolute atomic E-state index is 11.7. The number of aromatic nitrogens is 4. The van der Waals surface area contributed by atoms with Crippen molar-refractivity contribution in [3.8, 4) is 0 Å². The fraction of sp³-hybridized carbons (Fsp3) is 0.750. The van der Waals surface area contributed by atoms with E-state index in [1.807, 2.05) is 11.4 Å². The highest BCUT2D eigenvalue weighted by Gasteiger charge is 2.29. The molecule has 0 aromatic carbocycles. The van der Waals surface area contributed by atoms with Crippen LogP contribution in [0.25, 0.3) is 4.96 Å². The van der Waals surface area contributed by atoms with Crippen LogP contribution in [0.4, 0.5) is 0 Å². The van der Waals surface area contributed by atoms with Crippen LogP contribution in [-0.2, 0) is 16.4 Å². The summed E-state index contributed by atoms with van der Waals surface area (Å²) >= 11 is 1.48. The smallest absolute Gasteiger partial charge is 0.215 e. The Morgan fingerprint density at radius 3 is 2.90 bits per heavy atom.